The molecule has 0 saturated carbocycles. The van der Waals surface area contributed by atoms with E-state index in [-0.39, 0.29) is 0 Å². The van der Waals surface area contributed by atoms with E-state index in [1.807, 2.05) is 0 Å². The summed E-state index contributed by atoms with van der Waals surface area (Å²) < 4.78 is 5.49. The molecule has 0 aromatic rings. The molecule has 76 valence electrons. The highest BCUT2D eigenvalue weighted by Crippen LogP contribution is 2.22. The van der Waals surface area contributed by atoms with Gasteiger partial charge >= 0.3 is 0 Å². The third-order valence-corrected chi connectivity index (χ3v) is 7.91. The largest absolute Gasteiger partial charge is 0.366 e. The van der Waals surface area contributed by atoms with Gasteiger partial charge in [0.1, 0.15) is 6.61 Å². The molecule has 0 aliphatic rings. The van der Waals surface area contributed by atoms with Gasteiger partial charge in [0.15, 0.2) is 0 Å². The van der Waals surface area contributed by atoms with E-state index in [1.54, 1.807) is 0 Å². The Bertz CT molecular complexity index is 167. The summed E-state index contributed by atoms with van der Waals surface area (Å²) >= 11 is 0. The number of rotatable bonds is 6. The van der Waals surface area contributed by atoms with Crippen molar-refractivity contribution in [2.24, 2.45) is 0 Å². The predicted molar refractivity (Wildman–Crippen MR) is 61.6 cm³/mol. The van der Waals surface area contributed by atoms with Crippen LogP contribution in [0, 0.1) is 12.3 Å². The minimum atomic E-state index is -1.00. The van der Waals surface area contributed by atoms with Crippen molar-refractivity contribution in [3.05, 3.63) is 0 Å². The summed E-state index contributed by atoms with van der Waals surface area (Å²) in [5.41, 5.74) is 0. The average Bonchev–Trinajstić information content (AvgIpc) is 2.14. The highest BCUT2D eigenvalue weighted by Gasteiger charge is 2.24. The molecule has 0 bridgehead atoms. The van der Waals surface area contributed by atoms with Crippen LogP contribution in [0.15, 0.2) is 0 Å². The van der Waals surface area contributed by atoms with Crippen LogP contribution in [0.1, 0.15) is 20.8 Å². The van der Waals surface area contributed by atoms with Crippen LogP contribution in [0.3, 0.4) is 0 Å². The van der Waals surface area contributed by atoms with E-state index in [9.17, 15) is 0 Å². The maximum atomic E-state index is 5.49. The maximum Gasteiger partial charge on any atom is 0.107 e. The zero-order valence-electron chi connectivity index (χ0n) is 9.39. The van der Waals surface area contributed by atoms with E-state index in [0.29, 0.717) is 12.7 Å². The Morgan fingerprint density at radius 3 is 2.31 bits per heavy atom. The molecule has 1 unspecified atom stereocenters. The van der Waals surface area contributed by atoms with Crippen LogP contribution in [0.4, 0.5) is 0 Å². The van der Waals surface area contributed by atoms with Gasteiger partial charge in [-0.15, -0.1) is 6.42 Å². The molecule has 0 N–H and O–H groups in total. The van der Waals surface area contributed by atoms with Gasteiger partial charge in [0, 0.05) is 0 Å². The number of terminal acetylenes is 1. The monoisotopic (exact) mass is 198 g/mol. The summed E-state index contributed by atoms with van der Waals surface area (Å²) in [7, 11) is -1.00. The normalized spacial score (nSPS) is 13.8. The molecule has 0 aliphatic heterocycles. The lowest BCUT2D eigenvalue weighted by Gasteiger charge is -2.27. The van der Waals surface area contributed by atoms with Gasteiger partial charge in [-0.25, -0.2) is 0 Å². The molecule has 0 rings (SSSR count). The van der Waals surface area contributed by atoms with E-state index < -0.39 is 8.07 Å². The molecule has 0 amide bonds. The molecule has 0 aliphatic carbocycles. The molecular weight excluding hydrogens is 176 g/mol. The first-order valence-electron chi connectivity index (χ1n) is 5.13. The topological polar surface area (TPSA) is 9.23 Å². The van der Waals surface area contributed by atoms with Crippen molar-refractivity contribution in [2.75, 3.05) is 6.61 Å². The van der Waals surface area contributed by atoms with E-state index in [4.69, 9.17) is 11.2 Å². The summed E-state index contributed by atoms with van der Waals surface area (Å²) in [5, 5.41) is 0. The Morgan fingerprint density at radius 1 is 1.38 bits per heavy atom. The fourth-order valence-corrected chi connectivity index (χ4v) is 4.07. The molecule has 0 aromatic heterocycles. The number of hydrogen-bond acceptors (Lipinski definition) is 1. The third-order valence-electron chi connectivity index (χ3n) is 2.94. The minimum Gasteiger partial charge on any atom is -0.366 e. The van der Waals surface area contributed by atoms with Gasteiger partial charge < -0.3 is 4.74 Å². The smallest absolute Gasteiger partial charge is 0.107 e. The molecule has 0 saturated heterocycles. The standard InChI is InChI=1S/C11H22OSi/c1-6-9-12-11(4)10-13(5,7-2)8-3/h1,11H,7-10H2,2-5H3. The van der Waals surface area contributed by atoms with Crippen LogP contribution < -0.4 is 0 Å². The van der Waals surface area contributed by atoms with E-state index >= 15 is 0 Å². The zero-order valence-corrected chi connectivity index (χ0v) is 10.4. The SMILES string of the molecule is C#CCOC(C)C[Si](C)(CC)CC. The van der Waals surface area contributed by atoms with Crippen LogP contribution in [-0.2, 0) is 4.74 Å². The van der Waals surface area contributed by atoms with Crippen LogP contribution in [0.25, 0.3) is 0 Å². The summed E-state index contributed by atoms with van der Waals surface area (Å²) in [5.74, 6) is 2.51. The van der Waals surface area contributed by atoms with Crippen molar-refractivity contribution in [1.82, 2.24) is 0 Å². The second-order valence-electron chi connectivity index (χ2n) is 4.05. The first kappa shape index (κ1) is 12.7. The minimum absolute atomic E-state index is 0.340. The summed E-state index contributed by atoms with van der Waals surface area (Å²) in [6.45, 7) is 9.63. The van der Waals surface area contributed by atoms with Gasteiger partial charge in [-0.05, 0) is 13.0 Å². The quantitative estimate of drug-likeness (QED) is 0.470. The predicted octanol–water partition coefficient (Wildman–Crippen LogP) is 3.14. The third kappa shape index (κ3) is 5.12. The Hall–Kier alpha value is -0.263. The Labute approximate surface area is 83.9 Å². The lowest BCUT2D eigenvalue weighted by molar-refractivity contribution is 0.105. The van der Waals surface area contributed by atoms with E-state index in [0.717, 1.165) is 0 Å². The van der Waals surface area contributed by atoms with Crippen molar-refractivity contribution < 1.29 is 4.74 Å². The van der Waals surface area contributed by atoms with E-state index in [1.165, 1.54) is 18.1 Å². The van der Waals surface area contributed by atoms with Gasteiger partial charge in [-0.3, -0.25) is 0 Å². The molecule has 0 aromatic carbocycles. The van der Waals surface area contributed by atoms with Crippen molar-refractivity contribution in [3.63, 3.8) is 0 Å². The second kappa shape index (κ2) is 6.23. The molecule has 13 heavy (non-hydrogen) atoms. The van der Waals surface area contributed by atoms with Crippen molar-refractivity contribution in [2.45, 2.75) is 51.6 Å². The summed E-state index contributed by atoms with van der Waals surface area (Å²) in [6, 6.07) is 3.92. The van der Waals surface area contributed by atoms with Gasteiger partial charge in [0.05, 0.1) is 14.2 Å². The number of ether oxygens (including phenoxy) is 1. The van der Waals surface area contributed by atoms with Gasteiger partial charge in [0.2, 0.25) is 0 Å². The second-order valence-corrected chi connectivity index (χ2v) is 9.49. The first-order valence-corrected chi connectivity index (χ1v) is 8.25. The summed E-state index contributed by atoms with van der Waals surface area (Å²) in [4.78, 5) is 0. The lowest BCUT2D eigenvalue weighted by Crippen LogP contribution is -2.32. The molecular formula is C11H22OSi. The zero-order chi connectivity index (χ0) is 10.3. The highest BCUT2D eigenvalue weighted by molar-refractivity contribution is 6.78. The average molecular weight is 198 g/mol. The molecule has 0 spiro atoms. The van der Waals surface area contributed by atoms with Crippen molar-refractivity contribution >= 4 is 8.07 Å². The van der Waals surface area contributed by atoms with Gasteiger partial charge in [-0.2, -0.15) is 0 Å². The van der Waals surface area contributed by atoms with E-state index in [2.05, 4.69) is 33.2 Å². The fraction of sp³-hybridized carbons (Fsp3) is 0.818. The Morgan fingerprint density at radius 2 is 1.92 bits per heavy atom. The first-order chi connectivity index (χ1) is 6.08. The fourth-order valence-electron chi connectivity index (χ4n) is 1.48. The molecule has 1 nitrogen and oxygen atoms in total. The molecule has 2 heteroatoms. The van der Waals surface area contributed by atoms with Crippen LogP contribution in [-0.4, -0.2) is 20.8 Å². The van der Waals surface area contributed by atoms with Crippen LogP contribution in [0.2, 0.25) is 24.7 Å². The maximum absolute atomic E-state index is 5.49. The van der Waals surface area contributed by atoms with Crippen LogP contribution >= 0.6 is 0 Å². The lowest BCUT2D eigenvalue weighted by atomic mass is 10.5. The number of hydrogen-bond donors (Lipinski definition) is 0. The molecule has 1 atom stereocenters. The molecule has 0 fully saturated rings. The molecule has 0 radical (unpaired) electrons. The Balaban J connectivity index is 3.88. The van der Waals surface area contributed by atoms with Crippen LogP contribution in [0.5, 0.6) is 0 Å². The highest BCUT2D eigenvalue weighted by atomic mass is 28.3. The van der Waals surface area contributed by atoms with Gasteiger partial charge in [-0.1, -0.05) is 38.4 Å². The van der Waals surface area contributed by atoms with Gasteiger partial charge in [0.25, 0.3) is 0 Å². The molecule has 0 heterocycles. The summed E-state index contributed by atoms with van der Waals surface area (Å²) in [6.07, 6.45) is 5.48. The Kier molecular flexibility index (Phi) is 6.10. The van der Waals surface area contributed by atoms with Crippen molar-refractivity contribution in [3.8, 4) is 12.3 Å². The van der Waals surface area contributed by atoms with Crippen molar-refractivity contribution in [1.29, 1.82) is 0 Å².